The molecule has 0 atom stereocenters. The maximum atomic E-state index is 12.8. The molecule has 0 aliphatic heterocycles. The number of carbonyl (C=O) groups is 1. The number of rotatable bonds is 4. The predicted octanol–water partition coefficient (Wildman–Crippen LogP) is 2.81. The molecule has 2 aromatic carbocycles. The van der Waals surface area contributed by atoms with Gasteiger partial charge in [0.25, 0.3) is 0 Å². The van der Waals surface area contributed by atoms with Crippen molar-refractivity contribution in [1.29, 1.82) is 0 Å². The number of hydrogen-bond acceptors (Lipinski definition) is 4. The second-order valence-electron chi connectivity index (χ2n) is 5.09. The monoisotopic (exact) mass is 329 g/mol. The number of para-hydroxylation sites is 1. The van der Waals surface area contributed by atoms with Crippen molar-refractivity contribution in [3.05, 3.63) is 71.9 Å². The van der Waals surface area contributed by atoms with Crippen LogP contribution in [0.4, 0.5) is 0 Å². The first-order chi connectivity index (χ1) is 11.0. The van der Waals surface area contributed by atoms with Gasteiger partial charge in [-0.2, -0.15) is 0 Å². The molecule has 0 saturated heterocycles. The van der Waals surface area contributed by atoms with Crippen molar-refractivity contribution < 1.29 is 17.9 Å². The Morgan fingerprint density at radius 3 is 2.39 bits per heavy atom. The Bertz CT molecular complexity index is 959. The van der Waals surface area contributed by atoms with Gasteiger partial charge in [-0.05, 0) is 11.6 Å². The average molecular weight is 329 g/mol. The van der Waals surface area contributed by atoms with Gasteiger partial charge in [0.15, 0.2) is 0 Å². The zero-order chi connectivity index (χ0) is 16.4. The minimum absolute atomic E-state index is 0.146. The zero-order valence-corrected chi connectivity index (χ0v) is 13.3. The Morgan fingerprint density at radius 1 is 1.04 bits per heavy atom. The number of benzene rings is 2. The van der Waals surface area contributed by atoms with Crippen molar-refractivity contribution in [2.24, 2.45) is 0 Å². The summed E-state index contributed by atoms with van der Waals surface area (Å²) in [5.41, 5.74) is 1.38. The summed E-state index contributed by atoms with van der Waals surface area (Å²) < 4.78 is 31.4. The highest BCUT2D eigenvalue weighted by Gasteiger charge is 2.22. The Labute approximate surface area is 134 Å². The molecule has 1 aromatic heterocycles. The van der Waals surface area contributed by atoms with E-state index in [1.807, 2.05) is 6.07 Å². The first kappa shape index (κ1) is 15.3. The summed E-state index contributed by atoms with van der Waals surface area (Å²) in [6.07, 6.45) is 1.33. The average Bonchev–Trinajstić information content (AvgIpc) is 2.95. The minimum Gasteiger partial charge on any atom is -0.465 e. The molecule has 0 unspecified atom stereocenters. The summed E-state index contributed by atoms with van der Waals surface area (Å²) in [6, 6.07) is 15.8. The molecule has 1 heterocycles. The topological polar surface area (TPSA) is 65.4 Å². The molecule has 0 saturated carbocycles. The van der Waals surface area contributed by atoms with Gasteiger partial charge in [0.1, 0.15) is 0 Å². The highest BCUT2D eigenvalue weighted by Crippen LogP contribution is 2.25. The SMILES string of the molecule is COC(=O)c1cn(S(=O)(=O)Cc2ccccc2)c2ccccc12. The van der Waals surface area contributed by atoms with E-state index >= 15 is 0 Å². The fourth-order valence-corrected chi connectivity index (χ4v) is 3.98. The van der Waals surface area contributed by atoms with E-state index in [1.54, 1.807) is 48.5 Å². The van der Waals surface area contributed by atoms with Crippen LogP contribution in [0.25, 0.3) is 10.9 Å². The molecule has 0 aliphatic carbocycles. The zero-order valence-electron chi connectivity index (χ0n) is 12.5. The molecule has 3 aromatic rings. The van der Waals surface area contributed by atoms with Crippen LogP contribution >= 0.6 is 0 Å². The van der Waals surface area contributed by atoms with E-state index < -0.39 is 16.0 Å². The Balaban J connectivity index is 2.14. The molecule has 0 bridgehead atoms. The lowest BCUT2D eigenvalue weighted by Crippen LogP contribution is -2.14. The highest BCUT2D eigenvalue weighted by atomic mass is 32.2. The molecule has 0 N–H and O–H groups in total. The summed E-state index contributed by atoms with van der Waals surface area (Å²) in [6.45, 7) is 0. The fourth-order valence-electron chi connectivity index (χ4n) is 2.51. The number of esters is 1. The van der Waals surface area contributed by atoms with Gasteiger partial charge in [0, 0.05) is 11.6 Å². The molecule has 6 heteroatoms. The van der Waals surface area contributed by atoms with Crippen molar-refractivity contribution in [2.75, 3.05) is 7.11 Å². The van der Waals surface area contributed by atoms with Gasteiger partial charge in [-0.1, -0.05) is 48.5 Å². The molecule has 0 spiro atoms. The standard InChI is InChI=1S/C17H15NO4S/c1-22-17(19)15-11-18(16-10-6-5-9-14(15)16)23(20,21)12-13-7-3-2-4-8-13/h2-11H,12H2,1H3. The minimum atomic E-state index is -3.65. The Hall–Kier alpha value is -2.60. The first-order valence-electron chi connectivity index (χ1n) is 6.98. The molecular formula is C17H15NO4S. The van der Waals surface area contributed by atoms with E-state index in [-0.39, 0.29) is 11.3 Å². The number of aromatic nitrogens is 1. The van der Waals surface area contributed by atoms with Crippen LogP contribution in [0.3, 0.4) is 0 Å². The van der Waals surface area contributed by atoms with Gasteiger partial charge in [-0.3, -0.25) is 0 Å². The molecule has 5 nitrogen and oxygen atoms in total. The number of carbonyl (C=O) groups excluding carboxylic acids is 1. The van der Waals surface area contributed by atoms with E-state index in [2.05, 4.69) is 0 Å². The second kappa shape index (κ2) is 5.89. The number of nitrogens with zero attached hydrogens (tertiary/aromatic N) is 1. The second-order valence-corrected chi connectivity index (χ2v) is 6.94. The quantitative estimate of drug-likeness (QED) is 0.690. The summed E-state index contributed by atoms with van der Waals surface area (Å²) >= 11 is 0. The number of ether oxygens (including phenoxy) is 1. The number of hydrogen-bond donors (Lipinski definition) is 0. The van der Waals surface area contributed by atoms with Crippen molar-refractivity contribution in [3.8, 4) is 0 Å². The van der Waals surface area contributed by atoms with Gasteiger partial charge < -0.3 is 4.74 Å². The van der Waals surface area contributed by atoms with E-state index in [0.29, 0.717) is 16.5 Å². The summed E-state index contributed by atoms with van der Waals surface area (Å²) in [5, 5.41) is 0.552. The Kier molecular flexibility index (Phi) is 3.92. The van der Waals surface area contributed by atoms with Gasteiger partial charge in [-0.15, -0.1) is 0 Å². The summed E-state index contributed by atoms with van der Waals surface area (Å²) in [5.74, 6) is -0.706. The molecule has 23 heavy (non-hydrogen) atoms. The van der Waals surface area contributed by atoms with Crippen LogP contribution in [0.1, 0.15) is 15.9 Å². The summed E-state index contributed by atoms with van der Waals surface area (Å²) in [4.78, 5) is 11.9. The highest BCUT2D eigenvalue weighted by molar-refractivity contribution is 7.89. The van der Waals surface area contributed by atoms with E-state index in [9.17, 15) is 13.2 Å². The van der Waals surface area contributed by atoms with Crippen LogP contribution in [0.15, 0.2) is 60.8 Å². The van der Waals surface area contributed by atoms with Gasteiger partial charge in [-0.25, -0.2) is 17.2 Å². The third-order valence-electron chi connectivity index (χ3n) is 3.57. The lowest BCUT2D eigenvalue weighted by atomic mass is 10.2. The fraction of sp³-hybridized carbons (Fsp3) is 0.118. The lowest BCUT2D eigenvalue weighted by Gasteiger charge is -2.07. The molecule has 0 amide bonds. The van der Waals surface area contributed by atoms with Gasteiger partial charge in [0.2, 0.25) is 10.0 Å². The molecule has 0 fully saturated rings. The molecular weight excluding hydrogens is 314 g/mol. The van der Waals surface area contributed by atoms with Crippen LogP contribution in [-0.2, 0) is 20.5 Å². The van der Waals surface area contributed by atoms with E-state index in [4.69, 9.17) is 4.74 Å². The van der Waals surface area contributed by atoms with Crippen LogP contribution in [0, 0.1) is 0 Å². The Morgan fingerprint density at radius 2 is 1.70 bits per heavy atom. The molecule has 0 radical (unpaired) electrons. The smallest absolute Gasteiger partial charge is 0.340 e. The third kappa shape index (κ3) is 2.85. The molecule has 3 rings (SSSR count). The van der Waals surface area contributed by atoms with Crippen LogP contribution in [0.2, 0.25) is 0 Å². The predicted molar refractivity (Wildman–Crippen MR) is 87.7 cm³/mol. The van der Waals surface area contributed by atoms with Gasteiger partial charge >= 0.3 is 5.97 Å². The van der Waals surface area contributed by atoms with Crippen molar-refractivity contribution in [2.45, 2.75) is 5.75 Å². The summed E-state index contributed by atoms with van der Waals surface area (Å²) in [7, 11) is -2.38. The van der Waals surface area contributed by atoms with Crippen LogP contribution in [-0.4, -0.2) is 25.5 Å². The lowest BCUT2D eigenvalue weighted by molar-refractivity contribution is 0.0603. The number of fused-ring (bicyclic) bond motifs is 1. The van der Waals surface area contributed by atoms with Crippen molar-refractivity contribution in [3.63, 3.8) is 0 Å². The number of methoxy groups -OCH3 is 1. The largest absolute Gasteiger partial charge is 0.465 e. The van der Waals surface area contributed by atoms with Crippen molar-refractivity contribution in [1.82, 2.24) is 3.97 Å². The molecule has 0 aliphatic rings. The van der Waals surface area contributed by atoms with E-state index in [0.717, 1.165) is 3.97 Å². The van der Waals surface area contributed by atoms with Crippen LogP contribution in [0.5, 0.6) is 0 Å². The van der Waals surface area contributed by atoms with E-state index in [1.165, 1.54) is 13.3 Å². The van der Waals surface area contributed by atoms with Crippen LogP contribution < -0.4 is 0 Å². The third-order valence-corrected chi connectivity index (χ3v) is 5.17. The van der Waals surface area contributed by atoms with Gasteiger partial charge in [0.05, 0.1) is 23.9 Å². The maximum absolute atomic E-state index is 12.8. The first-order valence-corrected chi connectivity index (χ1v) is 8.59. The van der Waals surface area contributed by atoms with Crippen molar-refractivity contribution >= 4 is 26.9 Å². The maximum Gasteiger partial charge on any atom is 0.340 e. The molecule has 118 valence electrons. The normalized spacial score (nSPS) is 11.5.